The fraction of sp³-hybridized carbons (Fsp3) is 0.133. The van der Waals surface area contributed by atoms with Gasteiger partial charge >= 0.3 is 0 Å². The van der Waals surface area contributed by atoms with E-state index in [4.69, 9.17) is 0 Å². The Bertz CT molecular complexity index is 656. The van der Waals surface area contributed by atoms with Crippen LogP contribution in [0.15, 0.2) is 55.0 Å². The highest BCUT2D eigenvalue weighted by atomic mass is 15.5. The van der Waals surface area contributed by atoms with Gasteiger partial charge in [-0.15, -0.1) is 0 Å². The molecule has 20 heavy (non-hydrogen) atoms. The molecule has 1 N–H and O–H groups in total. The molecule has 0 atom stereocenters. The van der Waals surface area contributed by atoms with E-state index in [1.54, 1.807) is 17.2 Å². The minimum absolute atomic E-state index is 0.708. The van der Waals surface area contributed by atoms with Gasteiger partial charge in [-0.05, 0) is 42.8 Å². The molecule has 1 aromatic carbocycles. The standard InChI is InChI=1S/C15H15N5/c1-12-2-3-14(16-10-12)11-17-13-4-6-15(7-5-13)20-18-8-9-19-20/h2-10,17H,11H2,1H3. The van der Waals surface area contributed by atoms with E-state index in [0.29, 0.717) is 6.54 Å². The van der Waals surface area contributed by atoms with E-state index in [2.05, 4.69) is 26.6 Å². The predicted molar refractivity (Wildman–Crippen MR) is 77.7 cm³/mol. The van der Waals surface area contributed by atoms with Gasteiger partial charge in [-0.1, -0.05) is 6.07 Å². The molecule has 3 rings (SSSR count). The zero-order valence-electron chi connectivity index (χ0n) is 11.2. The molecule has 0 saturated heterocycles. The maximum atomic E-state index is 4.36. The van der Waals surface area contributed by atoms with Crippen molar-refractivity contribution in [1.29, 1.82) is 0 Å². The maximum absolute atomic E-state index is 4.36. The molecule has 5 nitrogen and oxygen atoms in total. The summed E-state index contributed by atoms with van der Waals surface area (Å²) in [5, 5.41) is 11.5. The number of anilines is 1. The molecule has 0 bridgehead atoms. The molecule has 0 radical (unpaired) electrons. The first-order valence-corrected chi connectivity index (χ1v) is 6.43. The summed E-state index contributed by atoms with van der Waals surface area (Å²) in [5.74, 6) is 0. The van der Waals surface area contributed by atoms with Crippen LogP contribution in [0.3, 0.4) is 0 Å². The van der Waals surface area contributed by atoms with E-state index in [0.717, 1.165) is 17.1 Å². The number of rotatable bonds is 4. The first-order chi connectivity index (χ1) is 9.81. The van der Waals surface area contributed by atoms with E-state index in [9.17, 15) is 0 Å². The lowest BCUT2D eigenvalue weighted by Gasteiger charge is -2.07. The molecular formula is C15H15N5. The highest BCUT2D eigenvalue weighted by Gasteiger charge is 1.99. The third-order valence-electron chi connectivity index (χ3n) is 2.96. The average Bonchev–Trinajstić information content (AvgIpc) is 3.01. The number of aromatic nitrogens is 4. The van der Waals surface area contributed by atoms with Crippen LogP contribution < -0.4 is 5.32 Å². The fourth-order valence-corrected chi connectivity index (χ4v) is 1.86. The molecule has 5 heteroatoms. The van der Waals surface area contributed by atoms with Gasteiger partial charge in [0.2, 0.25) is 0 Å². The summed E-state index contributed by atoms with van der Waals surface area (Å²) in [6, 6.07) is 12.1. The Morgan fingerprint density at radius 2 is 1.75 bits per heavy atom. The zero-order chi connectivity index (χ0) is 13.8. The summed E-state index contributed by atoms with van der Waals surface area (Å²) in [5.41, 5.74) is 4.18. The maximum Gasteiger partial charge on any atom is 0.0858 e. The number of nitrogens with one attached hydrogen (secondary N) is 1. The van der Waals surface area contributed by atoms with Gasteiger partial charge in [0, 0.05) is 11.9 Å². The van der Waals surface area contributed by atoms with Crippen molar-refractivity contribution in [2.45, 2.75) is 13.5 Å². The van der Waals surface area contributed by atoms with E-state index < -0.39 is 0 Å². The van der Waals surface area contributed by atoms with Gasteiger partial charge in [0.15, 0.2) is 0 Å². The van der Waals surface area contributed by atoms with Crippen molar-refractivity contribution in [2.24, 2.45) is 0 Å². The van der Waals surface area contributed by atoms with Gasteiger partial charge in [0.05, 0.1) is 30.3 Å². The highest BCUT2D eigenvalue weighted by molar-refractivity contribution is 5.48. The topological polar surface area (TPSA) is 55.6 Å². The largest absolute Gasteiger partial charge is 0.379 e. The predicted octanol–water partition coefficient (Wildman–Crippen LogP) is 2.58. The molecule has 0 aliphatic rings. The van der Waals surface area contributed by atoms with Crippen LogP contribution in [0.2, 0.25) is 0 Å². The van der Waals surface area contributed by atoms with Crippen LogP contribution in [0.4, 0.5) is 5.69 Å². The van der Waals surface area contributed by atoms with E-state index in [-0.39, 0.29) is 0 Å². The average molecular weight is 265 g/mol. The number of nitrogens with zero attached hydrogens (tertiary/aromatic N) is 4. The number of pyridine rings is 1. The summed E-state index contributed by atoms with van der Waals surface area (Å²) in [7, 11) is 0. The van der Waals surface area contributed by atoms with Crippen LogP contribution in [0, 0.1) is 6.92 Å². The summed E-state index contributed by atoms with van der Waals surface area (Å²) >= 11 is 0. The smallest absolute Gasteiger partial charge is 0.0858 e. The lowest BCUT2D eigenvalue weighted by atomic mass is 10.2. The first kappa shape index (κ1) is 12.3. The molecule has 0 fully saturated rings. The Labute approximate surface area is 117 Å². The Balaban J connectivity index is 1.65. The van der Waals surface area contributed by atoms with Crippen molar-refractivity contribution in [3.63, 3.8) is 0 Å². The third-order valence-corrected chi connectivity index (χ3v) is 2.96. The molecular weight excluding hydrogens is 250 g/mol. The molecule has 3 aromatic rings. The van der Waals surface area contributed by atoms with Crippen LogP contribution in [0.25, 0.3) is 5.69 Å². The second-order valence-corrected chi connectivity index (χ2v) is 4.55. The quantitative estimate of drug-likeness (QED) is 0.787. The third kappa shape index (κ3) is 2.83. The van der Waals surface area contributed by atoms with Gasteiger partial charge in [0.1, 0.15) is 0 Å². The molecule has 0 amide bonds. The monoisotopic (exact) mass is 265 g/mol. The lowest BCUT2D eigenvalue weighted by molar-refractivity contribution is 0.752. The van der Waals surface area contributed by atoms with Gasteiger partial charge in [-0.25, -0.2) is 0 Å². The number of hydrogen-bond acceptors (Lipinski definition) is 4. The van der Waals surface area contributed by atoms with E-state index >= 15 is 0 Å². The first-order valence-electron chi connectivity index (χ1n) is 6.43. The number of benzene rings is 1. The fourth-order valence-electron chi connectivity index (χ4n) is 1.86. The van der Waals surface area contributed by atoms with E-state index in [1.165, 1.54) is 5.56 Å². The van der Waals surface area contributed by atoms with Crippen LogP contribution in [-0.2, 0) is 6.54 Å². The van der Waals surface area contributed by atoms with Crippen molar-refractivity contribution in [2.75, 3.05) is 5.32 Å². The minimum Gasteiger partial charge on any atom is -0.379 e. The summed E-state index contributed by atoms with van der Waals surface area (Å²) in [4.78, 5) is 5.95. The molecule has 2 heterocycles. The normalized spacial score (nSPS) is 10.4. The Hall–Kier alpha value is -2.69. The van der Waals surface area contributed by atoms with Crippen molar-refractivity contribution < 1.29 is 0 Å². The van der Waals surface area contributed by atoms with Crippen molar-refractivity contribution in [1.82, 2.24) is 20.0 Å². The van der Waals surface area contributed by atoms with Gasteiger partial charge < -0.3 is 5.32 Å². The SMILES string of the molecule is Cc1ccc(CNc2ccc(-n3nccn3)cc2)nc1. The molecule has 2 aromatic heterocycles. The Kier molecular flexibility index (Phi) is 3.41. The van der Waals surface area contributed by atoms with E-state index in [1.807, 2.05) is 43.5 Å². The number of hydrogen-bond donors (Lipinski definition) is 1. The molecule has 100 valence electrons. The van der Waals surface area contributed by atoms with Crippen molar-refractivity contribution in [3.8, 4) is 5.69 Å². The van der Waals surface area contributed by atoms with Crippen LogP contribution in [0.5, 0.6) is 0 Å². The number of aryl methyl sites for hydroxylation is 1. The minimum atomic E-state index is 0.708. The van der Waals surface area contributed by atoms with Gasteiger partial charge in [-0.3, -0.25) is 4.98 Å². The van der Waals surface area contributed by atoms with Crippen molar-refractivity contribution in [3.05, 3.63) is 66.2 Å². The van der Waals surface area contributed by atoms with Crippen LogP contribution in [0.1, 0.15) is 11.3 Å². The Morgan fingerprint density at radius 1 is 1.00 bits per heavy atom. The van der Waals surface area contributed by atoms with Gasteiger partial charge in [0.25, 0.3) is 0 Å². The molecule has 0 unspecified atom stereocenters. The van der Waals surface area contributed by atoms with Crippen LogP contribution >= 0.6 is 0 Å². The summed E-state index contributed by atoms with van der Waals surface area (Å²) in [6.45, 7) is 2.74. The van der Waals surface area contributed by atoms with Crippen molar-refractivity contribution >= 4 is 5.69 Å². The molecule has 0 saturated carbocycles. The zero-order valence-corrected chi connectivity index (χ0v) is 11.2. The molecule has 0 aliphatic heterocycles. The second kappa shape index (κ2) is 5.52. The lowest BCUT2D eigenvalue weighted by Crippen LogP contribution is -2.02. The second-order valence-electron chi connectivity index (χ2n) is 4.55. The Morgan fingerprint density at radius 3 is 2.40 bits per heavy atom. The van der Waals surface area contributed by atoms with Gasteiger partial charge in [-0.2, -0.15) is 15.0 Å². The molecule has 0 aliphatic carbocycles. The van der Waals surface area contributed by atoms with Crippen LogP contribution in [-0.4, -0.2) is 20.0 Å². The summed E-state index contributed by atoms with van der Waals surface area (Å²) in [6.07, 6.45) is 5.20. The molecule has 0 spiro atoms. The highest BCUT2D eigenvalue weighted by Crippen LogP contribution is 2.12. The summed E-state index contributed by atoms with van der Waals surface area (Å²) < 4.78 is 0.